The summed E-state index contributed by atoms with van der Waals surface area (Å²) in [5.74, 6) is 4.52. The molecule has 2 aromatic carbocycles. The van der Waals surface area contributed by atoms with Gasteiger partial charge in [-0.05, 0) is 54.3 Å². The van der Waals surface area contributed by atoms with Crippen LogP contribution in [0, 0.1) is 17.7 Å². The van der Waals surface area contributed by atoms with Gasteiger partial charge in [-0.25, -0.2) is 9.18 Å². The monoisotopic (exact) mass is 447 g/mol. The number of imide groups is 1. The van der Waals surface area contributed by atoms with Crippen LogP contribution in [-0.2, 0) is 15.1 Å². The molecule has 4 amide bonds. The van der Waals surface area contributed by atoms with Gasteiger partial charge in [0.2, 0.25) is 5.91 Å². The first-order chi connectivity index (χ1) is 15.3. The normalized spacial score (nSPS) is 17.5. The third-order valence-corrected chi connectivity index (χ3v) is 5.78. The number of hydrogen-bond acceptors (Lipinski definition) is 4. The van der Waals surface area contributed by atoms with E-state index in [-0.39, 0.29) is 0 Å². The Labute approximate surface area is 188 Å². The molecule has 1 unspecified atom stereocenters. The Morgan fingerprint density at radius 1 is 1.12 bits per heavy atom. The van der Waals surface area contributed by atoms with Crippen molar-refractivity contribution in [3.63, 3.8) is 0 Å². The number of urea groups is 1. The number of anilines is 1. The summed E-state index contributed by atoms with van der Waals surface area (Å²) in [5, 5.41) is 7.22. The maximum absolute atomic E-state index is 13.2. The molecular formula is C24H18FN3O3S. The molecule has 1 fully saturated rings. The highest BCUT2D eigenvalue weighted by Crippen LogP contribution is 2.28. The van der Waals surface area contributed by atoms with Gasteiger partial charge in [-0.15, -0.1) is 11.3 Å². The molecule has 1 atom stereocenters. The number of nitrogens with one attached hydrogen (secondary N) is 2. The van der Waals surface area contributed by atoms with E-state index < -0.39 is 35.7 Å². The molecule has 2 N–H and O–H groups in total. The summed E-state index contributed by atoms with van der Waals surface area (Å²) in [4.78, 5) is 39.6. The first kappa shape index (κ1) is 21.3. The number of carbonyl (C=O) groups excluding carboxylic acids is 3. The molecule has 8 heteroatoms. The van der Waals surface area contributed by atoms with E-state index in [1.807, 2.05) is 23.6 Å². The number of nitrogens with zero attached hydrogens (tertiary/aromatic N) is 1. The first-order valence-electron chi connectivity index (χ1n) is 9.71. The lowest BCUT2D eigenvalue weighted by Gasteiger charge is -2.22. The van der Waals surface area contributed by atoms with Crippen LogP contribution in [0.25, 0.3) is 0 Å². The highest BCUT2D eigenvalue weighted by Gasteiger charge is 2.49. The Morgan fingerprint density at radius 3 is 2.62 bits per heavy atom. The third kappa shape index (κ3) is 4.38. The second-order valence-electron chi connectivity index (χ2n) is 7.31. The fourth-order valence-corrected chi connectivity index (χ4v) is 3.89. The average molecular weight is 447 g/mol. The van der Waals surface area contributed by atoms with Crippen molar-refractivity contribution in [3.05, 3.63) is 87.9 Å². The quantitative estimate of drug-likeness (QED) is 0.473. The molecule has 1 aliphatic heterocycles. The van der Waals surface area contributed by atoms with Gasteiger partial charge in [0.25, 0.3) is 5.91 Å². The van der Waals surface area contributed by atoms with Crippen LogP contribution in [0.5, 0.6) is 0 Å². The largest absolute Gasteiger partial charge is 0.325 e. The van der Waals surface area contributed by atoms with Crippen molar-refractivity contribution < 1.29 is 18.8 Å². The number of benzene rings is 2. The summed E-state index contributed by atoms with van der Waals surface area (Å²) in [6.45, 7) is 1.07. The minimum absolute atomic E-state index is 0.428. The van der Waals surface area contributed by atoms with Gasteiger partial charge in [-0.1, -0.05) is 36.1 Å². The molecule has 160 valence electrons. The van der Waals surface area contributed by atoms with Gasteiger partial charge in [0.1, 0.15) is 17.9 Å². The van der Waals surface area contributed by atoms with E-state index in [4.69, 9.17) is 0 Å². The molecule has 0 spiro atoms. The van der Waals surface area contributed by atoms with Crippen molar-refractivity contribution in [2.45, 2.75) is 12.5 Å². The van der Waals surface area contributed by atoms with Crippen molar-refractivity contribution in [1.29, 1.82) is 0 Å². The Bertz CT molecular complexity index is 1250. The van der Waals surface area contributed by atoms with E-state index in [0.717, 1.165) is 15.3 Å². The molecule has 3 aromatic rings. The number of halogens is 1. The van der Waals surface area contributed by atoms with E-state index in [1.165, 1.54) is 42.5 Å². The molecule has 0 saturated carbocycles. The highest BCUT2D eigenvalue weighted by molar-refractivity contribution is 7.10. The van der Waals surface area contributed by atoms with Gasteiger partial charge < -0.3 is 10.6 Å². The van der Waals surface area contributed by atoms with Crippen LogP contribution in [0.15, 0.2) is 66.0 Å². The SMILES string of the molecule is CC1(c2ccc(F)cc2)NC(=O)N(CC(=O)Nc2cccc(C#Cc3cccs3)c2)C1=O. The summed E-state index contributed by atoms with van der Waals surface area (Å²) in [6, 6.07) is 15.4. The molecule has 2 heterocycles. The zero-order chi connectivity index (χ0) is 22.7. The van der Waals surface area contributed by atoms with Crippen LogP contribution >= 0.6 is 11.3 Å². The van der Waals surface area contributed by atoms with Crippen molar-refractivity contribution in [3.8, 4) is 11.8 Å². The predicted molar refractivity (Wildman–Crippen MR) is 119 cm³/mol. The summed E-state index contributed by atoms with van der Waals surface area (Å²) in [5.41, 5.74) is 0.274. The molecule has 4 rings (SSSR count). The lowest BCUT2D eigenvalue weighted by molar-refractivity contribution is -0.133. The van der Waals surface area contributed by atoms with Crippen molar-refractivity contribution in [1.82, 2.24) is 10.2 Å². The smallest absolute Gasteiger partial charge is 0.324 e. The lowest BCUT2D eigenvalue weighted by Crippen LogP contribution is -2.42. The molecule has 1 saturated heterocycles. The fourth-order valence-electron chi connectivity index (χ4n) is 3.32. The molecular weight excluding hydrogens is 429 g/mol. The predicted octanol–water partition coefficient (Wildman–Crippen LogP) is 3.69. The van der Waals surface area contributed by atoms with Crippen molar-refractivity contribution in [2.75, 3.05) is 11.9 Å². The Morgan fingerprint density at radius 2 is 1.91 bits per heavy atom. The third-order valence-electron chi connectivity index (χ3n) is 5.00. The van der Waals surface area contributed by atoms with Crippen LogP contribution in [0.4, 0.5) is 14.9 Å². The van der Waals surface area contributed by atoms with E-state index >= 15 is 0 Å². The van der Waals surface area contributed by atoms with Crippen LogP contribution < -0.4 is 10.6 Å². The van der Waals surface area contributed by atoms with Crippen LogP contribution in [-0.4, -0.2) is 29.3 Å². The minimum atomic E-state index is -1.37. The molecule has 0 bridgehead atoms. The Balaban J connectivity index is 1.44. The van der Waals surface area contributed by atoms with E-state index in [0.29, 0.717) is 11.3 Å². The molecule has 32 heavy (non-hydrogen) atoms. The molecule has 1 aliphatic rings. The zero-order valence-corrected chi connectivity index (χ0v) is 17.8. The number of carbonyl (C=O) groups is 3. The first-order valence-corrected chi connectivity index (χ1v) is 10.6. The van der Waals surface area contributed by atoms with Crippen molar-refractivity contribution >= 4 is 34.9 Å². The van der Waals surface area contributed by atoms with E-state index in [9.17, 15) is 18.8 Å². The highest BCUT2D eigenvalue weighted by atomic mass is 32.1. The van der Waals surface area contributed by atoms with Gasteiger partial charge in [0, 0.05) is 11.3 Å². The fraction of sp³-hybridized carbons (Fsp3) is 0.125. The Hall–Kier alpha value is -3.96. The van der Waals surface area contributed by atoms with E-state index in [1.54, 1.807) is 18.2 Å². The second-order valence-corrected chi connectivity index (χ2v) is 8.26. The molecule has 6 nitrogen and oxygen atoms in total. The topological polar surface area (TPSA) is 78.5 Å². The molecule has 0 aliphatic carbocycles. The van der Waals surface area contributed by atoms with Gasteiger partial charge in [0.15, 0.2) is 0 Å². The summed E-state index contributed by atoms with van der Waals surface area (Å²) in [7, 11) is 0. The van der Waals surface area contributed by atoms with E-state index in [2.05, 4.69) is 22.5 Å². The lowest BCUT2D eigenvalue weighted by atomic mass is 9.92. The molecule has 1 aromatic heterocycles. The van der Waals surface area contributed by atoms with Gasteiger partial charge >= 0.3 is 6.03 Å². The number of thiophene rings is 1. The van der Waals surface area contributed by atoms with Crippen LogP contribution in [0.1, 0.15) is 22.9 Å². The maximum atomic E-state index is 13.2. The van der Waals surface area contributed by atoms with Gasteiger partial charge in [-0.2, -0.15) is 0 Å². The number of amides is 4. The summed E-state index contributed by atoms with van der Waals surface area (Å²) >= 11 is 1.54. The Kier molecular flexibility index (Phi) is 5.75. The maximum Gasteiger partial charge on any atom is 0.325 e. The standard InChI is InChI=1S/C24H18FN3O3S/c1-24(17-8-10-18(25)11-9-17)22(30)28(23(31)27-24)15-21(29)26-19-5-2-4-16(14-19)7-12-20-6-3-13-32-20/h2-6,8-11,13-14H,15H2,1H3,(H,26,29)(H,27,31). The number of hydrogen-bond donors (Lipinski definition) is 2. The average Bonchev–Trinajstić information content (AvgIpc) is 3.36. The molecule has 0 radical (unpaired) electrons. The number of rotatable bonds is 4. The second kappa shape index (κ2) is 8.65. The minimum Gasteiger partial charge on any atom is -0.324 e. The summed E-state index contributed by atoms with van der Waals surface area (Å²) in [6.07, 6.45) is 0. The van der Waals surface area contributed by atoms with Gasteiger partial charge in [-0.3, -0.25) is 14.5 Å². The summed E-state index contributed by atoms with van der Waals surface area (Å²) < 4.78 is 13.2. The van der Waals surface area contributed by atoms with Crippen molar-refractivity contribution in [2.24, 2.45) is 0 Å². The van der Waals surface area contributed by atoms with Gasteiger partial charge in [0.05, 0.1) is 4.88 Å². The van der Waals surface area contributed by atoms with Crippen LogP contribution in [0.3, 0.4) is 0 Å². The zero-order valence-electron chi connectivity index (χ0n) is 17.0. The van der Waals surface area contributed by atoms with Crippen LogP contribution in [0.2, 0.25) is 0 Å².